The second-order valence-corrected chi connectivity index (χ2v) is 6.55. The summed E-state index contributed by atoms with van der Waals surface area (Å²) in [6, 6.07) is 0. The number of nitrogens with zero attached hydrogens (tertiary/aromatic N) is 1. The topological polar surface area (TPSA) is 49.8 Å². The van der Waals surface area contributed by atoms with Gasteiger partial charge in [0.25, 0.3) is 0 Å². The van der Waals surface area contributed by atoms with Gasteiger partial charge in [-0.1, -0.05) is 0 Å². The third kappa shape index (κ3) is 2.92. The highest BCUT2D eigenvalue weighted by atomic mass is 16.6. The van der Waals surface area contributed by atoms with Crippen LogP contribution in [-0.2, 0) is 4.74 Å². The molecule has 2 aliphatic rings. The molecule has 4 nitrogen and oxygen atoms in total. The lowest BCUT2D eigenvalue weighted by molar-refractivity contribution is 0.0270. The van der Waals surface area contributed by atoms with Crippen molar-refractivity contribution in [1.29, 1.82) is 0 Å². The van der Waals surface area contributed by atoms with Gasteiger partial charge in [-0.15, -0.1) is 0 Å². The molecule has 17 heavy (non-hydrogen) atoms. The van der Waals surface area contributed by atoms with Crippen LogP contribution in [0.15, 0.2) is 0 Å². The third-order valence-corrected chi connectivity index (χ3v) is 3.77. The van der Waals surface area contributed by atoms with Crippen molar-refractivity contribution in [3.8, 4) is 0 Å². The molecule has 1 saturated heterocycles. The fourth-order valence-electron chi connectivity index (χ4n) is 2.96. The number of carbonyl (C=O) groups excluding carboxylic acids is 1. The summed E-state index contributed by atoms with van der Waals surface area (Å²) in [5, 5.41) is 9.63. The van der Waals surface area contributed by atoms with Crippen molar-refractivity contribution >= 4 is 6.09 Å². The van der Waals surface area contributed by atoms with E-state index in [1.54, 1.807) is 4.90 Å². The Kier molecular flexibility index (Phi) is 3.10. The van der Waals surface area contributed by atoms with Crippen LogP contribution in [0.5, 0.6) is 0 Å². The van der Waals surface area contributed by atoms with E-state index in [4.69, 9.17) is 4.74 Å². The lowest BCUT2D eigenvalue weighted by Crippen LogP contribution is -2.36. The van der Waals surface area contributed by atoms with E-state index in [0.717, 1.165) is 38.8 Å². The molecule has 0 aromatic heterocycles. The van der Waals surface area contributed by atoms with Gasteiger partial charge in [-0.2, -0.15) is 0 Å². The lowest BCUT2D eigenvalue weighted by atomic mass is 9.85. The first-order valence-electron chi connectivity index (χ1n) is 6.46. The van der Waals surface area contributed by atoms with Crippen molar-refractivity contribution in [3.63, 3.8) is 0 Å². The molecular weight excluding hydrogens is 218 g/mol. The quantitative estimate of drug-likeness (QED) is 0.707. The van der Waals surface area contributed by atoms with Gasteiger partial charge in [0.2, 0.25) is 0 Å². The van der Waals surface area contributed by atoms with Crippen molar-refractivity contribution in [2.75, 3.05) is 13.1 Å². The van der Waals surface area contributed by atoms with E-state index in [1.165, 1.54) is 0 Å². The Balaban J connectivity index is 1.92. The molecule has 1 N–H and O–H groups in total. The van der Waals surface area contributed by atoms with Crippen LogP contribution in [0.3, 0.4) is 0 Å². The van der Waals surface area contributed by atoms with Gasteiger partial charge in [0.05, 0.1) is 6.10 Å². The molecule has 1 amide bonds. The fraction of sp³-hybridized carbons (Fsp3) is 0.923. The molecule has 0 aromatic rings. The number of aliphatic hydroxyl groups is 1. The molecule has 1 aliphatic carbocycles. The predicted octanol–water partition coefficient (Wildman–Crippen LogP) is 2.16. The van der Waals surface area contributed by atoms with E-state index in [-0.39, 0.29) is 17.6 Å². The van der Waals surface area contributed by atoms with Gasteiger partial charge >= 0.3 is 6.09 Å². The Hall–Kier alpha value is -0.770. The van der Waals surface area contributed by atoms with Crippen LogP contribution >= 0.6 is 0 Å². The van der Waals surface area contributed by atoms with Gasteiger partial charge in [0.15, 0.2) is 0 Å². The minimum atomic E-state index is -0.429. The van der Waals surface area contributed by atoms with E-state index >= 15 is 0 Å². The Labute approximate surface area is 103 Å². The highest BCUT2D eigenvalue weighted by molar-refractivity contribution is 5.68. The van der Waals surface area contributed by atoms with Gasteiger partial charge < -0.3 is 14.7 Å². The van der Waals surface area contributed by atoms with Crippen molar-refractivity contribution in [2.45, 2.75) is 58.2 Å². The maximum Gasteiger partial charge on any atom is 0.410 e. The molecule has 1 aliphatic heterocycles. The largest absolute Gasteiger partial charge is 0.444 e. The lowest BCUT2D eigenvalue weighted by Gasteiger charge is -2.26. The molecule has 0 aromatic carbocycles. The van der Waals surface area contributed by atoms with Crippen LogP contribution in [0, 0.1) is 5.41 Å². The van der Waals surface area contributed by atoms with Crippen LogP contribution in [-0.4, -0.2) is 40.9 Å². The standard InChI is InChI=1S/C13H23NO3/c1-12(2,3)17-11(16)14-7-6-13(9-14)5-4-10(15)8-13/h10,15H,4-9H2,1-3H3/t10-,13-/m1/s1. The van der Waals surface area contributed by atoms with Crippen molar-refractivity contribution in [2.24, 2.45) is 5.41 Å². The first-order valence-corrected chi connectivity index (χ1v) is 6.46. The summed E-state index contributed by atoms with van der Waals surface area (Å²) >= 11 is 0. The molecule has 0 unspecified atom stereocenters. The van der Waals surface area contributed by atoms with E-state index in [2.05, 4.69) is 0 Å². The molecule has 1 saturated carbocycles. The van der Waals surface area contributed by atoms with Crippen molar-refractivity contribution in [3.05, 3.63) is 0 Å². The number of ether oxygens (including phenoxy) is 1. The van der Waals surface area contributed by atoms with Crippen molar-refractivity contribution in [1.82, 2.24) is 4.90 Å². The van der Waals surface area contributed by atoms with Gasteiger partial charge in [-0.05, 0) is 51.9 Å². The maximum atomic E-state index is 11.9. The summed E-state index contributed by atoms with van der Waals surface area (Å²) in [5.41, 5.74) is -0.266. The average molecular weight is 241 g/mol. The number of hydrogen-bond acceptors (Lipinski definition) is 3. The maximum absolute atomic E-state index is 11.9. The molecule has 2 fully saturated rings. The minimum Gasteiger partial charge on any atom is -0.444 e. The summed E-state index contributed by atoms with van der Waals surface area (Å²) in [6.45, 7) is 7.17. The zero-order valence-electron chi connectivity index (χ0n) is 11.0. The summed E-state index contributed by atoms with van der Waals surface area (Å²) in [5.74, 6) is 0. The van der Waals surface area contributed by atoms with Gasteiger partial charge in [-0.3, -0.25) is 0 Å². The Morgan fingerprint density at radius 3 is 2.65 bits per heavy atom. The van der Waals surface area contributed by atoms with E-state index in [9.17, 15) is 9.90 Å². The molecule has 0 bridgehead atoms. The number of carbonyl (C=O) groups is 1. The average Bonchev–Trinajstić information content (AvgIpc) is 2.72. The Morgan fingerprint density at radius 1 is 1.41 bits per heavy atom. The first-order chi connectivity index (χ1) is 7.80. The minimum absolute atomic E-state index is 0.163. The zero-order chi connectivity index (χ0) is 12.7. The molecule has 1 heterocycles. The van der Waals surface area contributed by atoms with Crippen LogP contribution in [0.2, 0.25) is 0 Å². The summed E-state index contributed by atoms with van der Waals surface area (Å²) < 4.78 is 5.38. The molecule has 4 heteroatoms. The van der Waals surface area contributed by atoms with E-state index in [0.29, 0.717) is 0 Å². The van der Waals surface area contributed by atoms with Crippen LogP contribution in [0.1, 0.15) is 46.5 Å². The van der Waals surface area contributed by atoms with Crippen LogP contribution in [0.4, 0.5) is 4.79 Å². The van der Waals surface area contributed by atoms with Gasteiger partial charge in [0, 0.05) is 13.1 Å². The van der Waals surface area contributed by atoms with Crippen molar-refractivity contribution < 1.29 is 14.6 Å². The fourth-order valence-corrected chi connectivity index (χ4v) is 2.96. The molecule has 2 rings (SSSR count). The number of amides is 1. The van der Waals surface area contributed by atoms with E-state index in [1.807, 2.05) is 20.8 Å². The van der Waals surface area contributed by atoms with Crippen LogP contribution in [0.25, 0.3) is 0 Å². The first kappa shape index (κ1) is 12.7. The van der Waals surface area contributed by atoms with Gasteiger partial charge in [0.1, 0.15) is 5.60 Å². The predicted molar refractivity (Wildman–Crippen MR) is 64.7 cm³/mol. The number of likely N-dealkylation sites (tertiary alicyclic amines) is 1. The molecule has 1 spiro atoms. The van der Waals surface area contributed by atoms with Crippen LogP contribution < -0.4 is 0 Å². The third-order valence-electron chi connectivity index (χ3n) is 3.77. The summed E-state index contributed by atoms with van der Waals surface area (Å²) in [4.78, 5) is 13.7. The Bertz CT molecular complexity index is 310. The number of aliphatic hydroxyl groups excluding tert-OH is 1. The molecule has 2 atom stereocenters. The molecule has 0 radical (unpaired) electrons. The molecule has 98 valence electrons. The summed E-state index contributed by atoms with van der Waals surface area (Å²) in [7, 11) is 0. The highest BCUT2D eigenvalue weighted by Gasteiger charge is 2.45. The smallest absolute Gasteiger partial charge is 0.410 e. The second kappa shape index (κ2) is 4.16. The van der Waals surface area contributed by atoms with E-state index < -0.39 is 5.60 Å². The Morgan fingerprint density at radius 2 is 2.12 bits per heavy atom. The monoisotopic (exact) mass is 241 g/mol. The normalized spacial score (nSPS) is 33.4. The highest BCUT2D eigenvalue weighted by Crippen LogP contribution is 2.45. The number of rotatable bonds is 0. The number of hydrogen-bond donors (Lipinski definition) is 1. The zero-order valence-corrected chi connectivity index (χ0v) is 11.0. The molecular formula is C13H23NO3. The van der Waals surface area contributed by atoms with Gasteiger partial charge in [-0.25, -0.2) is 4.79 Å². The second-order valence-electron chi connectivity index (χ2n) is 6.55. The summed E-state index contributed by atoms with van der Waals surface area (Å²) in [6.07, 6.45) is 3.37. The SMILES string of the molecule is CC(C)(C)OC(=O)N1CC[C@@]2(CC[C@@H](O)C2)C1.